The summed E-state index contributed by atoms with van der Waals surface area (Å²) in [6, 6.07) is 20.2. The molecule has 0 saturated heterocycles. The van der Waals surface area contributed by atoms with Crippen molar-refractivity contribution >= 4 is 68.3 Å². The summed E-state index contributed by atoms with van der Waals surface area (Å²) in [5, 5.41) is 1.57. The van der Waals surface area contributed by atoms with Crippen LogP contribution in [0.1, 0.15) is 22.6 Å². The van der Waals surface area contributed by atoms with E-state index in [4.69, 9.17) is 50.8 Å². The number of sulfonamides is 1. The Bertz CT molecular complexity index is 1520. The van der Waals surface area contributed by atoms with E-state index in [1.54, 1.807) is 72.8 Å². The van der Waals surface area contributed by atoms with Crippen molar-refractivity contribution in [2.24, 2.45) is 4.99 Å². The number of benzene rings is 3. The summed E-state index contributed by atoms with van der Waals surface area (Å²) < 4.78 is 34.3. The summed E-state index contributed by atoms with van der Waals surface area (Å²) in [5.74, 6) is 0.902. The number of hydrogen-bond acceptors (Lipinski definition) is 4. The fourth-order valence-electron chi connectivity index (χ4n) is 3.35. The number of aryl methyl sites for hydroxylation is 1. The van der Waals surface area contributed by atoms with Crippen molar-refractivity contribution in [3.8, 4) is 0 Å². The second kappa shape index (κ2) is 11.4. The second-order valence-electron chi connectivity index (χ2n) is 8.00. The molecule has 0 fully saturated rings. The van der Waals surface area contributed by atoms with Crippen molar-refractivity contribution in [1.29, 1.82) is 0 Å². The number of halogens is 4. The topological polar surface area (TPSA) is 62.9 Å². The van der Waals surface area contributed by atoms with Gasteiger partial charge < -0.3 is 4.42 Å². The van der Waals surface area contributed by atoms with Gasteiger partial charge in [-0.05, 0) is 67.1 Å². The third-order valence-corrected chi connectivity index (χ3v) is 8.54. The van der Waals surface area contributed by atoms with Crippen LogP contribution in [-0.4, -0.2) is 18.9 Å². The molecule has 0 aliphatic carbocycles. The maximum absolute atomic E-state index is 13.6. The highest BCUT2D eigenvalue weighted by Gasteiger charge is 2.26. The average molecular weight is 582 g/mol. The summed E-state index contributed by atoms with van der Waals surface area (Å²) in [6.07, 6.45) is 1.53. The maximum atomic E-state index is 13.6. The van der Waals surface area contributed by atoms with Gasteiger partial charge in [-0.15, -0.1) is 0 Å². The molecule has 0 N–H and O–H groups in total. The molecule has 36 heavy (non-hydrogen) atoms. The van der Waals surface area contributed by atoms with Crippen LogP contribution in [0.3, 0.4) is 0 Å². The number of aliphatic imine (C=N–C) groups is 1. The van der Waals surface area contributed by atoms with Gasteiger partial charge in [-0.2, -0.15) is 4.31 Å². The van der Waals surface area contributed by atoms with E-state index < -0.39 is 10.0 Å². The van der Waals surface area contributed by atoms with Crippen molar-refractivity contribution in [3.05, 3.63) is 116 Å². The van der Waals surface area contributed by atoms with Crippen LogP contribution in [-0.2, 0) is 23.1 Å². The van der Waals surface area contributed by atoms with Crippen molar-refractivity contribution in [2.45, 2.75) is 24.9 Å². The third kappa shape index (κ3) is 6.51. The molecule has 1 aromatic heterocycles. The van der Waals surface area contributed by atoms with Gasteiger partial charge in [0.25, 0.3) is 0 Å². The Kier molecular flexibility index (Phi) is 8.45. The molecule has 3 aromatic carbocycles. The molecule has 0 unspecified atom stereocenters. The van der Waals surface area contributed by atoms with Gasteiger partial charge in [0.05, 0.1) is 43.4 Å². The van der Waals surface area contributed by atoms with E-state index in [1.165, 1.54) is 10.5 Å². The summed E-state index contributed by atoms with van der Waals surface area (Å²) in [4.78, 5) is 4.52. The molecule has 5 nitrogen and oxygen atoms in total. The van der Waals surface area contributed by atoms with E-state index in [0.717, 1.165) is 5.56 Å². The molecular weight excluding hydrogens is 562 g/mol. The summed E-state index contributed by atoms with van der Waals surface area (Å²) >= 11 is 24.2. The highest BCUT2D eigenvalue weighted by molar-refractivity contribution is 7.89. The first-order chi connectivity index (χ1) is 17.1. The number of hydrogen-bond donors (Lipinski definition) is 0. The Morgan fingerprint density at radius 3 is 2.14 bits per heavy atom. The lowest BCUT2D eigenvalue weighted by Gasteiger charge is -2.22. The van der Waals surface area contributed by atoms with Gasteiger partial charge in [0.2, 0.25) is 10.0 Å². The van der Waals surface area contributed by atoms with Crippen molar-refractivity contribution in [2.75, 3.05) is 0 Å². The predicted octanol–water partition coefficient (Wildman–Crippen LogP) is 8.34. The molecule has 0 aliphatic rings. The lowest BCUT2D eigenvalue weighted by Crippen LogP contribution is -2.30. The van der Waals surface area contributed by atoms with Crippen LogP contribution in [0.25, 0.3) is 0 Å². The molecule has 186 valence electrons. The first-order valence-electron chi connectivity index (χ1n) is 10.7. The van der Waals surface area contributed by atoms with Gasteiger partial charge in [-0.3, -0.25) is 4.99 Å². The van der Waals surface area contributed by atoms with Crippen LogP contribution >= 0.6 is 46.4 Å². The van der Waals surface area contributed by atoms with Crippen LogP contribution < -0.4 is 0 Å². The Morgan fingerprint density at radius 1 is 0.806 bits per heavy atom. The first-order valence-corrected chi connectivity index (χ1v) is 13.7. The van der Waals surface area contributed by atoms with Gasteiger partial charge in [-0.1, -0.05) is 70.2 Å². The monoisotopic (exact) mass is 580 g/mol. The van der Waals surface area contributed by atoms with Crippen LogP contribution in [0, 0.1) is 6.92 Å². The quantitative estimate of drug-likeness (QED) is 0.196. The van der Waals surface area contributed by atoms with Crippen molar-refractivity contribution in [3.63, 3.8) is 0 Å². The van der Waals surface area contributed by atoms with E-state index in [2.05, 4.69) is 4.99 Å². The van der Waals surface area contributed by atoms with Crippen molar-refractivity contribution in [1.82, 2.24) is 4.31 Å². The third-order valence-electron chi connectivity index (χ3n) is 5.26. The molecule has 0 spiro atoms. The molecule has 0 radical (unpaired) electrons. The Balaban J connectivity index is 1.60. The van der Waals surface area contributed by atoms with E-state index >= 15 is 0 Å². The molecule has 4 aromatic rings. The fraction of sp³-hybridized carbons (Fsp3) is 0.115. The van der Waals surface area contributed by atoms with Crippen molar-refractivity contribution < 1.29 is 12.8 Å². The lowest BCUT2D eigenvalue weighted by atomic mass is 10.2. The molecule has 1 heterocycles. The van der Waals surface area contributed by atoms with Gasteiger partial charge >= 0.3 is 0 Å². The minimum absolute atomic E-state index is 0.00291. The first kappa shape index (κ1) is 26.7. The number of rotatable bonds is 8. The minimum atomic E-state index is -3.86. The van der Waals surface area contributed by atoms with Gasteiger partial charge in [0, 0.05) is 6.54 Å². The average Bonchev–Trinajstić information content (AvgIpc) is 3.29. The zero-order valence-electron chi connectivity index (χ0n) is 19.0. The highest BCUT2D eigenvalue weighted by Crippen LogP contribution is 2.28. The van der Waals surface area contributed by atoms with E-state index in [9.17, 15) is 8.42 Å². The molecule has 0 atom stereocenters. The summed E-state index contributed by atoms with van der Waals surface area (Å²) in [5.41, 5.74) is 2.25. The van der Waals surface area contributed by atoms with E-state index in [1.807, 2.05) is 6.92 Å². The van der Waals surface area contributed by atoms with E-state index in [0.29, 0.717) is 42.9 Å². The Morgan fingerprint density at radius 2 is 1.47 bits per heavy atom. The Labute approximate surface area is 229 Å². The van der Waals surface area contributed by atoms with Gasteiger partial charge in [0.1, 0.15) is 11.5 Å². The smallest absolute Gasteiger partial charge is 0.243 e. The molecule has 0 amide bonds. The molecule has 0 aliphatic heterocycles. The van der Waals surface area contributed by atoms with Crippen LogP contribution in [0.2, 0.25) is 20.1 Å². The molecule has 10 heteroatoms. The number of furan rings is 1. The van der Waals surface area contributed by atoms with Crippen LogP contribution in [0.4, 0.5) is 5.69 Å². The normalized spacial score (nSPS) is 12.1. The molecule has 4 rings (SSSR count). The molecule has 0 bridgehead atoms. The summed E-state index contributed by atoms with van der Waals surface area (Å²) in [7, 11) is -3.86. The Hall–Kier alpha value is -2.32. The maximum Gasteiger partial charge on any atom is 0.243 e. The SMILES string of the molecule is Cc1ccc(S(=O)(=O)N(Cc2ccc(Cl)c(Cl)c2)Cc2ccc(C=Nc3ccc(Cl)c(Cl)c3)o2)cc1. The van der Waals surface area contributed by atoms with E-state index in [-0.39, 0.29) is 18.0 Å². The lowest BCUT2D eigenvalue weighted by molar-refractivity contribution is 0.357. The van der Waals surface area contributed by atoms with Crippen LogP contribution in [0.5, 0.6) is 0 Å². The molecular formula is C26H20Cl4N2O3S. The van der Waals surface area contributed by atoms with Gasteiger partial charge in [-0.25, -0.2) is 8.42 Å². The zero-order chi connectivity index (χ0) is 25.9. The highest BCUT2D eigenvalue weighted by atomic mass is 35.5. The number of nitrogens with zero attached hydrogens (tertiary/aromatic N) is 2. The zero-order valence-corrected chi connectivity index (χ0v) is 22.8. The van der Waals surface area contributed by atoms with Gasteiger partial charge in [0.15, 0.2) is 0 Å². The van der Waals surface area contributed by atoms with Crippen LogP contribution in [0.15, 0.2) is 87.1 Å². The summed E-state index contributed by atoms with van der Waals surface area (Å²) in [6.45, 7) is 1.96. The largest absolute Gasteiger partial charge is 0.459 e. The second-order valence-corrected chi connectivity index (χ2v) is 11.6. The minimum Gasteiger partial charge on any atom is -0.459 e. The standard InChI is InChI=1S/C26H20Cl4N2O3S/c1-17-2-8-22(9-3-17)36(33,34)32(15-18-4-10-23(27)25(29)12-18)16-21-7-6-20(35-21)14-31-19-5-11-24(28)26(30)13-19/h2-14H,15-16H2,1H3. The molecule has 0 saturated carbocycles. The predicted molar refractivity (Wildman–Crippen MR) is 146 cm³/mol. The fourth-order valence-corrected chi connectivity index (χ4v) is 5.36.